The predicted octanol–water partition coefficient (Wildman–Crippen LogP) is 1.75. The maximum Gasteiger partial charge on any atom is 0.319 e. The van der Waals surface area contributed by atoms with E-state index in [4.69, 9.17) is 0 Å². The summed E-state index contributed by atoms with van der Waals surface area (Å²) in [5.41, 5.74) is 1.65. The van der Waals surface area contributed by atoms with Crippen molar-refractivity contribution in [3.8, 4) is 0 Å². The highest BCUT2D eigenvalue weighted by atomic mass is 16.4. The van der Waals surface area contributed by atoms with Gasteiger partial charge in [-0.15, -0.1) is 0 Å². The van der Waals surface area contributed by atoms with Crippen LogP contribution in [0.25, 0.3) is 0 Å². The average molecular weight is 303 g/mol. The molecule has 1 aromatic rings. The van der Waals surface area contributed by atoms with Crippen LogP contribution in [0, 0.1) is 5.92 Å². The summed E-state index contributed by atoms with van der Waals surface area (Å²) in [6, 6.07) is 7.59. The highest BCUT2D eigenvalue weighted by molar-refractivity contribution is 5.89. The van der Waals surface area contributed by atoms with Gasteiger partial charge >= 0.3 is 12.0 Å². The quantitative estimate of drug-likeness (QED) is 0.682. The number of urea groups is 1. The number of piperidine rings is 1. The molecule has 2 aliphatic rings. The third kappa shape index (κ3) is 3.57. The molecule has 1 heterocycles. The molecule has 6 nitrogen and oxygen atoms in total. The highest BCUT2D eigenvalue weighted by Gasteiger charge is 2.32. The first-order chi connectivity index (χ1) is 10.6. The van der Waals surface area contributed by atoms with Crippen LogP contribution in [0.1, 0.15) is 30.7 Å². The minimum absolute atomic E-state index is 0.0699. The van der Waals surface area contributed by atoms with Crippen LogP contribution < -0.4 is 16.0 Å². The summed E-state index contributed by atoms with van der Waals surface area (Å²) in [5, 5.41) is 18.3. The monoisotopic (exact) mass is 303 g/mol. The summed E-state index contributed by atoms with van der Waals surface area (Å²) < 4.78 is 0. The van der Waals surface area contributed by atoms with E-state index < -0.39 is 5.97 Å². The molecule has 0 spiro atoms. The lowest BCUT2D eigenvalue weighted by molar-refractivity contribution is -0.143. The maximum absolute atomic E-state index is 11.8. The van der Waals surface area contributed by atoms with Gasteiger partial charge in [-0.2, -0.15) is 0 Å². The summed E-state index contributed by atoms with van der Waals surface area (Å²) in [4.78, 5) is 23.2. The predicted molar refractivity (Wildman–Crippen MR) is 83.0 cm³/mol. The molecule has 1 aromatic carbocycles. The number of rotatable bonds is 4. The Morgan fingerprint density at radius 3 is 2.77 bits per heavy atom. The zero-order chi connectivity index (χ0) is 15.5. The van der Waals surface area contributed by atoms with Gasteiger partial charge in [0.1, 0.15) is 0 Å². The van der Waals surface area contributed by atoms with Crippen LogP contribution in [0.15, 0.2) is 24.3 Å². The van der Waals surface area contributed by atoms with Crippen molar-refractivity contribution in [1.82, 2.24) is 10.6 Å². The lowest BCUT2D eigenvalue weighted by atomic mass is 9.81. The van der Waals surface area contributed by atoms with Crippen LogP contribution >= 0.6 is 0 Å². The van der Waals surface area contributed by atoms with Gasteiger partial charge in [-0.1, -0.05) is 12.1 Å². The van der Waals surface area contributed by atoms with Gasteiger partial charge < -0.3 is 21.1 Å². The second-order valence-electron chi connectivity index (χ2n) is 6.04. The number of carbonyl (C=O) groups excluding carboxylic acids is 1. The molecule has 0 radical (unpaired) electrons. The van der Waals surface area contributed by atoms with Crippen molar-refractivity contribution in [3.63, 3.8) is 0 Å². The second kappa shape index (κ2) is 6.36. The number of aliphatic carboxylic acids is 1. The molecule has 0 bridgehead atoms. The van der Waals surface area contributed by atoms with Crippen LogP contribution in [0.4, 0.5) is 10.5 Å². The number of carbonyl (C=O) groups is 2. The molecule has 0 aromatic heterocycles. The molecule has 4 N–H and O–H groups in total. The van der Waals surface area contributed by atoms with Crippen molar-refractivity contribution in [3.05, 3.63) is 29.8 Å². The van der Waals surface area contributed by atoms with Crippen LogP contribution in [-0.4, -0.2) is 36.2 Å². The van der Waals surface area contributed by atoms with Gasteiger partial charge in [-0.05, 0) is 43.5 Å². The van der Waals surface area contributed by atoms with Crippen molar-refractivity contribution in [2.24, 2.45) is 5.92 Å². The zero-order valence-corrected chi connectivity index (χ0v) is 12.3. The Bertz CT molecular complexity index is 572. The Hall–Kier alpha value is -2.08. The molecule has 1 saturated heterocycles. The second-order valence-corrected chi connectivity index (χ2v) is 6.04. The van der Waals surface area contributed by atoms with E-state index in [1.165, 1.54) is 0 Å². The van der Waals surface area contributed by atoms with Gasteiger partial charge in [0.25, 0.3) is 0 Å². The summed E-state index contributed by atoms with van der Waals surface area (Å²) >= 11 is 0. The molecule has 1 aliphatic heterocycles. The van der Waals surface area contributed by atoms with E-state index in [2.05, 4.69) is 16.0 Å². The normalized spacial score (nSPS) is 24.5. The molecule has 2 atom stereocenters. The maximum atomic E-state index is 11.8. The van der Waals surface area contributed by atoms with Crippen molar-refractivity contribution in [2.45, 2.75) is 31.2 Å². The number of carboxylic acids is 1. The molecule has 2 amide bonds. The molecule has 1 aliphatic carbocycles. The Kier molecular flexibility index (Phi) is 4.29. The van der Waals surface area contributed by atoms with Gasteiger partial charge in [0, 0.05) is 24.2 Å². The minimum atomic E-state index is -0.753. The fraction of sp³-hybridized carbons (Fsp3) is 0.500. The minimum Gasteiger partial charge on any atom is -0.481 e. The van der Waals surface area contributed by atoms with E-state index in [9.17, 15) is 14.7 Å². The van der Waals surface area contributed by atoms with Crippen molar-refractivity contribution in [2.75, 3.05) is 18.4 Å². The molecule has 3 rings (SSSR count). The molecule has 22 heavy (non-hydrogen) atoms. The summed E-state index contributed by atoms with van der Waals surface area (Å²) in [5.74, 6) is -1.20. The Labute approximate surface area is 129 Å². The zero-order valence-electron chi connectivity index (χ0n) is 12.3. The van der Waals surface area contributed by atoms with Crippen LogP contribution in [-0.2, 0) is 4.79 Å². The van der Waals surface area contributed by atoms with Gasteiger partial charge in [-0.25, -0.2) is 4.79 Å². The molecule has 6 heteroatoms. The van der Waals surface area contributed by atoms with E-state index in [-0.39, 0.29) is 17.9 Å². The number of nitrogens with one attached hydrogen (secondary N) is 3. The molecular formula is C16H21N3O3. The lowest BCUT2D eigenvalue weighted by Gasteiger charge is -2.29. The van der Waals surface area contributed by atoms with Gasteiger partial charge in [0.05, 0.1) is 5.92 Å². The largest absolute Gasteiger partial charge is 0.481 e. The van der Waals surface area contributed by atoms with Crippen molar-refractivity contribution < 1.29 is 14.7 Å². The third-order valence-corrected chi connectivity index (χ3v) is 4.28. The highest BCUT2D eigenvalue weighted by Crippen LogP contribution is 2.31. The van der Waals surface area contributed by atoms with E-state index in [0.29, 0.717) is 24.7 Å². The van der Waals surface area contributed by atoms with E-state index in [1.807, 2.05) is 24.3 Å². The third-order valence-electron chi connectivity index (χ3n) is 4.28. The average Bonchev–Trinajstić information content (AvgIpc) is 3.31. The number of anilines is 1. The number of benzene rings is 1. The Balaban J connectivity index is 1.71. The molecule has 1 saturated carbocycles. The van der Waals surface area contributed by atoms with Gasteiger partial charge in [-0.3, -0.25) is 4.79 Å². The summed E-state index contributed by atoms with van der Waals surface area (Å²) in [6.45, 7) is 1.38. The number of hydrogen-bond donors (Lipinski definition) is 4. The first-order valence-corrected chi connectivity index (χ1v) is 7.74. The van der Waals surface area contributed by atoms with E-state index >= 15 is 0 Å². The van der Waals surface area contributed by atoms with E-state index in [1.54, 1.807) is 0 Å². The first-order valence-electron chi connectivity index (χ1n) is 7.74. The Morgan fingerprint density at radius 2 is 2.05 bits per heavy atom. The van der Waals surface area contributed by atoms with Gasteiger partial charge in [0.2, 0.25) is 0 Å². The number of hydrogen-bond acceptors (Lipinski definition) is 3. The number of amides is 2. The van der Waals surface area contributed by atoms with Crippen LogP contribution in [0.3, 0.4) is 0 Å². The summed E-state index contributed by atoms with van der Waals surface area (Å²) in [6.07, 6.45) is 2.71. The molecule has 2 unspecified atom stereocenters. The topological polar surface area (TPSA) is 90.5 Å². The fourth-order valence-corrected chi connectivity index (χ4v) is 2.93. The van der Waals surface area contributed by atoms with Crippen LogP contribution in [0.5, 0.6) is 0 Å². The standard InChI is InChI=1S/C16H21N3O3/c20-15(21)13-6-7-17-9-14(13)10-2-1-3-12(8-10)19-16(22)18-11-4-5-11/h1-3,8,11,13-14,17H,4-7,9H2,(H,20,21)(H2,18,19,22). The lowest BCUT2D eigenvalue weighted by Crippen LogP contribution is -2.38. The molecular weight excluding hydrogens is 282 g/mol. The van der Waals surface area contributed by atoms with Crippen molar-refractivity contribution in [1.29, 1.82) is 0 Å². The van der Waals surface area contributed by atoms with Gasteiger partial charge in [0.15, 0.2) is 0 Å². The fourth-order valence-electron chi connectivity index (χ4n) is 2.93. The summed E-state index contributed by atoms with van der Waals surface area (Å²) in [7, 11) is 0. The molecule has 118 valence electrons. The molecule has 2 fully saturated rings. The van der Waals surface area contributed by atoms with Crippen LogP contribution in [0.2, 0.25) is 0 Å². The Morgan fingerprint density at radius 1 is 1.23 bits per heavy atom. The van der Waals surface area contributed by atoms with E-state index in [0.717, 1.165) is 24.9 Å². The van der Waals surface area contributed by atoms with Crippen molar-refractivity contribution >= 4 is 17.7 Å². The smallest absolute Gasteiger partial charge is 0.319 e. The number of carboxylic acid groups (broad SMARTS) is 1. The first kappa shape index (κ1) is 14.8. The SMILES string of the molecule is O=C(Nc1cccc(C2CNCCC2C(=O)O)c1)NC1CC1.